The molecular formula is C23H16NNi. The standard InChI is InChI=1S/C17H11N.C6H5.Ni/c1-2-7-14(8-3-1)15-9-6-10-16(13-15)17-11-4-5-12-18-17;1-2-4-6-5-3-1;/h1-7,9-12H;1-5H;/q-2;-1;+3. The summed E-state index contributed by atoms with van der Waals surface area (Å²) in [5, 5.41) is 0. The minimum atomic E-state index is 0. The third-order valence-corrected chi connectivity index (χ3v) is 3.34. The number of aromatic nitrogens is 1. The second-order valence-electron chi connectivity index (χ2n) is 5.05. The molecule has 0 unspecified atom stereocenters. The van der Waals surface area contributed by atoms with Crippen LogP contribution in [0, 0.1) is 18.2 Å². The molecule has 0 spiro atoms. The predicted molar refractivity (Wildman–Crippen MR) is 98.1 cm³/mol. The van der Waals surface area contributed by atoms with Crippen LogP contribution in [0.3, 0.4) is 0 Å². The Labute approximate surface area is 159 Å². The normalized spacial score (nSPS) is 9.28. The SMILES string of the molecule is [Ni+3].[c-]1ccccc1.[c-]1ccccc1-c1[c-]c(-c2ccccn2)ccc1. The van der Waals surface area contributed by atoms with Crippen molar-refractivity contribution < 1.29 is 16.5 Å². The number of nitrogens with zero attached hydrogens (tertiary/aromatic N) is 1. The Morgan fingerprint density at radius 2 is 1.32 bits per heavy atom. The van der Waals surface area contributed by atoms with Crippen LogP contribution in [0.2, 0.25) is 0 Å². The molecule has 1 radical (unpaired) electrons. The van der Waals surface area contributed by atoms with E-state index in [-0.39, 0.29) is 16.5 Å². The van der Waals surface area contributed by atoms with Crippen molar-refractivity contribution in [2.24, 2.45) is 0 Å². The van der Waals surface area contributed by atoms with Crippen molar-refractivity contribution in [3.8, 4) is 22.4 Å². The van der Waals surface area contributed by atoms with Crippen LogP contribution in [0.15, 0.2) is 97.2 Å². The fourth-order valence-electron chi connectivity index (χ4n) is 2.20. The summed E-state index contributed by atoms with van der Waals surface area (Å²) in [5.41, 5.74) is 4.04. The Morgan fingerprint density at radius 1 is 0.600 bits per heavy atom. The minimum absolute atomic E-state index is 0. The van der Waals surface area contributed by atoms with E-state index in [1.807, 2.05) is 91.0 Å². The van der Waals surface area contributed by atoms with E-state index in [0.717, 1.165) is 22.4 Å². The van der Waals surface area contributed by atoms with Crippen LogP contribution in [-0.2, 0) is 16.5 Å². The van der Waals surface area contributed by atoms with Gasteiger partial charge in [0.1, 0.15) is 0 Å². The Kier molecular flexibility index (Phi) is 7.63. The fraction of sp³-hybridized carbons (Fsp3) is 0. The van der Waals surface area contributed by atoms with Gasteiger partial charge in [0.25, 0.3) is 0 Å². The van der Waals surface area contributed by atoms with Crippen molar-refractivity contribution in [3.05, 3.63) is 115 Å². The van der Waals surface area contributed by atoms with Gasteiger partial charge in [-0.05, 0) is 6.07 Å². The van der Waals surface area contributed by atoms with E-state index in [1.54, 1.807) is 6.20 Å². The quantitative estimate of drug-likeness (QED) is 0.338. The topological polar surface area (TPSA) is 12.9 Å². The maximum absolute atomic E-state index is 4.34. The first-order valence-electron chi connectivity index (χ1n) is 7.75. The average molecular weight is 365 g/mol. The summed E-state index contributed by atoms with van der Waals surface area (Å²) in [6.45, 7) is 0. The molecule has 0 aliphatic rings. The van der Waals surface area contributed by atoms with Gasteiger partial charge in [-0.3, -0.25) is 4.98 Å². The predicted octanol–water partition coefficient (Wildman–Crippen LogP) is 5.50. The number of hydrogen-bond donors (Lipinski definition) is 0. The van der Waals surface area contributed by atoms with Gasteiger partial charge < -0.3 is 0 Å². The molecule has 1 heterocycles. The molecule has 2 heteroatoms. The molecule has 0 fully saturated rings. The van der Waals surface area contributed by atoms with Crippen LogP contribution in [0.4, 0.5) is 0 Å². The molecule has 0 N–H and O–H groups in total. The summed E-state index contributed by atoms with van der Waals surface area (Å²) >= 11 is 0. The second kappa shape index (κ2) is 10.2. The Balaban J connectivity index is 0.000000275. The second-order valence-corrected chi connectivity index (χ2v) is 5.05. The van der Waals surface area contributed by atoms with Crippen molar-refractivity contribution in [2.45, 2.75) is 0 Å². The first-order valence-corrected chi connectivity index (χ1v) is 7.75. The Morgan fingerprint density at radius 3 is 1.92 bits per heavy atom. The van der Waals surface area contributed by atoms with Crippen LogP contribution < -0.4 is 0 Å². The summed E-state index contributed by atoms with van der Waals surface area (Å²) in [6, 6.07) is 39.0. The number of hydrogen-bond acceptors (Lipinski definition) is 1. The van der Waals surface area contributed by atoms with E-state index in [2.05, 4.69) is 23.2 Å². The third-order valence-electron chi connectivity index (χ3n) is 3.34. The first kappa shape index (κ1) is 18.6. The van der Waals surface area contributed by atoms with Crippen molar-refractivity contribution in [1.29, 1.82) is 0 Å². The third kappa shape index (κ3) is 5.70. The summed E-state index contributed by atoms with van der Waals surface area (Å²) in [5.74, 6) is 0. The van der Waals surface area contributed by atoms with Gasteiger partial charge in [-0.2, -0.15) is 78.4 Å². The first-order chi connectivity index (χ1) is 11.9. The van der Waals surface area contributed by atoms with Gasteiger partial charge in [0, 0.05) is 11.9 Å². The van der Waals surface area contributed by atoms with Gasteiger partial charge in [0.05, 0.1) is 0 Å². The molecule has 0 saturated carbocycles. The zero-order valence-corrected chi connectivity index (χ0v) is 14.5. The molecule has 0 aliphatic heterocycles. The van der Waals surface area contributed by atoms with Crippen LogP contribution in [0.1, 0.15) is 0 Å². The van der Waals surface area contributed by atoms with E-state index in [1.165, 1.54) is 0 Å². The van der Waals surface area contributed by atoms with Gasteiger partial charge in [-0.25, -0.2) is 5.56 Å². The molecule has 4 aromatic rings. The number of pyridine rings is 1. The van der Waals surface area contributed by atoms with E-state index < -0.39 is 0 Å². The molecular weight excluding hydrogens is 349 g/mol. The van der Waals surface area contributed by atoms with E-state index >= 15 is 0 Å². The summed E-state index contributed by atoms with van der Waals surface area (Å²) < 4.78 is 0. The molecule has 0 bridgehead atoms. The molecule has 3 aromatic carbocycles. The molecule has 1 aromatic heterocycles. The number of rotatable bonds is 2. The van der Waals surface area contributed by atoms with Crippen molar-refractivity contribution in [1.82, 2.24) is 4.98 Å². The van der Waals surface area contributed by atoms with Crippen LogP contribution in [0.25, 0.3) is 22.4 Å². The van der Waals surface area contributed by atoms with E-state index in [0.29, 0.717) is 0 Å². The van der Waals surface area contributed by atoms with Gasteiger partial charge >= 0.3 is 16.5 Å². The summed E-state index contributed by atoms with van der Waals surface area (Å²) in [7, 11) is 0. The van der Waals surface area contributed by atoms with Gasteiger partial charge in [-0.1, -0.05) is 12.1 Å². The molecule has 25 heavy (non-hydrogen) atoms. The van der Waals surface area contributed by atoms with Crippen molar-refractivity contribution >= 4 is 0 Å². The summed E-state index contributed by atoms with van der Waals surface area (Å²) in [6.07, 6.45) is 1.80. The Hall–Kier alpha value is -2.70. The minimum Gasteiger partial charge on any atom is -0.295 e. The van der Waals surface area contributed by atoms with Crippen LogP contribution in [-0.4, -0.2) is 4.98 Å². The van der Waals surface area contributed by atoms with Crippen LogP contribution in [0.5, 0.6) is 0 Å². The maximum Gasteiger partial charge on any atom is 3.00 e. The molecule has 1 nitrogen and oxygen atoms in total. The van der Waals surface area contributed by atoms with Crippen molar-refractivity contribution in [3.63, 3.8) is 0 Å². The Bertz CT molecular complexity index is 765. The molecule has 123 valence electrons. The molecule has 4 rings (SSSR count). The molecule has 0 saturated heterocycles. The smallest absolute Gasteiger partial charge is 0.295 e. The molecule has 0 aliphatic carbocycles. The monoisotopic (exact) mass is 364 g/mol. The van der Waals surface area contributed by atoms with Crippen LogP contribution >= 0.6 is 0 Å². The van der Waals surface area contributed by atoms with Gasteiger partial charge in [-0.15, -0.1) is 23.8 Å². The average Bonchev–Trinajstić information content (AvgIpc) is 2.71. The van der Waals surface area contributed by atoms with E-state index in [4.69, 9.17) is 0 Å². The zero-order chi connectivity index (χ0) is 16.5. The largest absolute Gasteiger partial charge is 3.00 e. The zero-order valence-electron chi connectivity index (χ0n) is 13.5. The van der Waals surface area contributed by atoms with Gasteiger partial charge in [0.15, 0.2) is 0 Å². The fourth-order valence-corrected chi connectivity index (χ4v) is 2.20. The maximum atomic E-state index is 4.34. The van der Waals surface area contributed by atoms with E-state index in [9.17, 15) is 0 Å². The molecule has 0 amide bonds. The summed E-state index contributed by atoms with van der Waals surface area (Å²) in [4.78, 5) is 4.34. The molecule has 0 atom stereocenters. The van der Waals surface area contributed by atoms with Gasteiger partial charge in [0.2, 0.25) is 0 Å². The van der Waals surface area contributed by atoms with Crippen molar-refractivity contribution in [2.75, 3.05) is 0 Å². The number of benzene rings is 3.